The van der Waals surface area contributed by atoms with E-state index in [1.165, 1.54) is 6.07 Å². The Morgan fingerprint density at radius 2 is 1.95 bits per heavy atom. The fourth-order valence-electron chi connectivity index (χ4n) is 2.15. The molecule has 1 atom stereocenters. The third-order valence-corrected chi connectivity index (χ3v) is 3.27. The minimum Gasteiger partial charge on any atom is -0.480 e. The van der Waals surface area contributed by atoms with Crippen LogP contribution in [-0.2, 0) is 4.79 Å². The van der Waals surface area contributed by atoms with E-state index in [1.54, 1.807) is 13.8 Å². The van der Waals surface area contributed by atoms with E-state index < -0.39 is 29.3 Å². The van der Waals surface area contributed by atoms with Crippen LogP contribution >= 0.6 is 0 Å². The molecule has 0 saturated carbocycles. The number of aliphatic carboxylic acids is 1. The average Bonchev–Trinajstić information content (AvgIpc) is 2.43. The number of hydrogen-bond donors (Lipinski definition) is 3. The Morgan fingerprint density at radius 1 is 1.27 bits per heavy atom. The van der Waals surface area contributed by atoms with Crippen LogP contribution in [-0.4, -0.2) is 28.0 Å². The van der Waals surface area contributed by atoms with Crippen molar-refractivity contribution in [2.45, 2.75) is 19.9 Å². The van der Waals surface area contributed by atoms with Crippen LogP contribution in [0.15, 0.2) is 29.1 Å². The lowest BCUT2D eigenvalue weighted by atomic mass is 10.0. The number of nitrogens with one attached hydrogen (secondary N) is 2. The molecule has 0 aliphatic carbocycles. The third kappa shape index (κ3) is 3.13. The van der Waals surface area contributed by atoms with Gasteiger partial charge in [-0.2, -0.15) is 0 Å². The topological polar surface area (TPSA) is 99.3 Å². The van der Waals surface area contributed by atoms with Crippen molar-refractivity contribution in [1.29, 1.82) is 0 Å². The van der Waals surface area contributed by atoms with Crippen molar-refractivity contribution in [3.05, 3.63) is 46.0 Å². The lowest BCUT2D eigenvalue weighted by Gasteiger charge is -2.18. The van der Waals surface area contributed by atoms with Gasteiger partial charge in [-0.25, -0.2) is 9.18 Å². The number of amides is 1. The fraction of sp³-hybridized carbons (Fsp3) is 0.267. The van der Waals surface area contributed by atoms with Gasteiger partial charge in [0.05, 0.1) is 5.56 Å². The van der Waals surface area contributed by atoms with Gasteiger partial charge >= 0.3 is 5.97 Å². The predicted molar refractivity (Wildman–Crippen MR) is 78.3 cm³/mol. The molecule has 0 saturated heterocycles. The molecule has 7 heteroatoms. The van der Waals surface area contributed by atoms with Gasteiger partial charge in [0.1, 0.15) is 11.9 Å². The number of hydrogen-bond acceptors (Lipinski definition) is 3. The molecule has 1 aromatic heterocycles. The van der Waals surface area contributed by atoms with Gasteiger partial charge in [0, 0.05) is 17.0 Å². The maximum absolute atomic E-state index is 13.4. The molecule has 0 unspecified atom stereocenters. The van der Waals surface area contributed by atoms with Crippen LogP contribution in [0.5, 0.6) is 0 Å². The number of fused-ring (bicyclic) bond motifs is 1. The smallest absolute Gasteiger partial charge is 0.326 e. The summed E-state index contributed by atoms with van der Waals surface area (Å²) < 4.78 is 13.4. The maximum atomic E-state index is 13.4. The summed E-state index contributed by atoms with van der Waals surface area (Å²) in [6.07, 6.45) is 0. The zero-order chi connectivity index (χ0) is 16.4. The largest absolute Gasteiger partial charge is 0.480 e. The number of rotatable bonds is 4. The SMILES string of the molecule is CC(C)[C@H](NC(=O)c1cc(=O)[nH]c2ccc(F)cc12)C(=O)O. The highest BCUT2D eigenvalue weighted by Crippen LogP contribution is 2.17. The van der Waals surface area contributed by atoms with E-state index in [-0.39, 0.29) is 16.9 Å². The minimum atomic E-state index is -1.18. The Morgan fingerprint density at radius 3 is 2.55 bits per heavy atom. The standard InChI is InChI=1S/C15H15FN2O4/c1-7(2)13(15(21)22)18-14(20)10-6-12(19)17-11-4-3-8(16)5-9(10)11/h3-7,13H,1-2H3,(H,17,19)(H,18,20)(H,21,22)/t13-/m0/s1. The molecule has 1 amide bonds. The Labute approximate surface area is 125 Å². The van der Waals surface area contributed by atoms with Crippen molar-refractivity contribution in [1.82, 2.24) is 10.3 Å². The van der Waals surface area contributed by atoms with Crippen molar-refractivity contribution < 1.29 is 19.1 Å². The monoisotopic (exact) mass is 306 g/mol. The average molecular weight is 306 g/mol. The zero-order valence-electron chi connectivity index (χ0n) is 12.0. The van der Waals surface area contributed by atoms with Crippen LogP contribution in [0.2, 0.25) is 0 Å². The highest BCUT2D eigenvalue weighted by atomic mass is 19.1. The van der Waals surface area contributed by atoms with Gasteiger partial charge in [0.2, 0.25) is 5.56 Å². The number of halogens is 1. The second-order valence-electron chi connectivity index (χ2n) is 5.27. The fourth-order valence-corrected chi connectivity index (χ4v) is 2.15. The van der Waals surface area contributed by atoms with Crippen LogP contribution in [0.3, 0.4) is 0 Å². The van der Waals surface area contributed by atoms with Gasteiger partial charge in [-0.15, -0.1) is 0 Å². The molecule has 1 aromatic carbocycles. The first-order valence-corrected chi connectivity index (χ1v) is 6.66. The quantitative estimate of drug-likeness (QED) is 0.797. The van der Waals surface area contributed by atoms with Gasteiger partial charge in [-0.1, -0.05) is 13.8 Å². The van der Waals surface area contributed by atoms with Crippen LogP contribution in [0.4, 0.5) is 4.39 Å². The Bertz CT molecular complexity index is 798. The number of aromatic amines is 1. The van der Waals surface area contributed by atoms with Crippen LogP contribution < -0.4 is 10.9 Å². The molecule has 1 heterocycles. The first-order valence-electron chi connectivity index (χ1n) is 6.66. The summed E-state index contributed by atoms with van der Waals surface area (Å²) in [5.74, 6) is -2.81. The second kappa shape index (κ2) is 5.97. The van der Waals surface area contributed by atoms with Crippen LogP contribution in [0.25, 0.3) is 10.9 Å². The van der Waals surface area contributed by atoms with Crippen molar-refractivity contribution in [2.75, 3.05) is 0 Å². The predicted octanol–water partition coefficient (Wildman–Crippen LogP) is 1.51. The second-order valence-corrected chi connectivity index (χ2v) is 5.27. The first-order chi connectivity index (χ1) is 10.3. The number of H-pyrrole nitrogens is 1. The molecule has 0 aliphatic heterocycles. The molecule has 0 bridgehead atoms. The summed E-state index contributed by atoms with van der Waals surface area (Å²) in [5.41, 5.74) is -0.290. The van der Waals surface area contributed by atoms with E-state index >= 15 is 0 Å². The molecule has 0 radical (unpaired) electrons. The summed E-state index contributed by atoms with van der Waals surface area (Å²) >= 11 is 0. The molecule has 0 fully saturated rings. The van der Waals surface area contributed by atoms with Gasteiger partial charge in [-0.05, 0) is 24.1 Å². The van der Waals surface area contributed by atoms with E-state index in [0.29, 0.717) is 5.52 Å². The number of carboxylic acids is 1. The molecule has 6 nitrogen and oxygen atoms in total. The number of carbonyl (C=O) groups excluding carboxylic acids is 1. The summed E-state index contributed by atoms with van der Waals surface area (Å²) in [7, 11) is 0. The van der Waals surface area contributed by atoms with Gasteiger partial charge < -0.3 is 15.4 Å². The van der Waals surface area contributed by atoms with Crippen molar-refractivity contribution in [3.63, 3.8) is 0 Å². The molecule has 116 valence electrons. The summed E-state index contributed by atoms with van der Waals surface area (Å²) in [4.78, 5) is 37.5. The summed E-state index contributed by atoms with van der Waals surface area (Å²) in [6, 6.07) is 3.55. The highest BCUT2D eigenvalue weighted by molar-refractivity contribution is 6.06. The Kier molecular flexibility index (Phi) is 4.25. The van der Waals surface area contributed by atoms with Crippen LogP contribution in [0.1, 0.15) is 24.2 Å². The van der Waals surface area contributed by atoms with E-state index in [4.69, 9.17) is 5.11 Å². The molecule has 2 aromatic rings. The molecule has 0 aliphatic rings. The Balaban J connectivity index is 2.49. The minimum absolute atomic E-state index is 0.0647. The normalized spacial score (nSPS) is 12.4. The van der Waals surface area contributed by atoms with Gasteiger partial charge in [-0.3, -0.25) is 9.59 Å². The van der Waals surface area contributed by atoms with Crippen LogP contribution in [0, 0.1) is 11.7 Å². The zero-order valence-corrected chi connectivity index (χ0v) is 12.0. The van der Waals surface area contributed by atoms with E-state index in [9.17, 15) is 18.8 Å². The molecule has 3 N–H and O–H groups in total. The number of aromatic nitrogens is 1. The molecule has 0 spiro atoms. The summed E-state index contributed by atoms with van der Waals surface area (Å²) in [5, 5.41) is 11.7. The number of carboxylic acid groups (broad SMARTS) is 1. The van der Waals surface area contributed by atoms with Crippen molar-refractivity contribution >= 4 is 22.8 Å². The van der Waals surface area contributed by atoms with E-state index in [0.717, 1.165) is 18.2 Å². The van der Waals surface area contributed by atoms with Gasteiger partial charge in [0.15, 0.2) is 0 Å². The third-order valence-electron chi connectivity index (χ3n) is 3.27. The maximum Gasteiger partial charge on any atom is 0.326 e. The summed E-state index contributed by atoms with van der Waals surface area (Å²) in [6.45, 7) is 3.29. The van der Waals surface area contributed by atoms with E-state index in [1.807, 2.05) is 0 Å². The highest BCUT2D eigenvalue weighted by Gasteiger charge is 2.25. The molecule has 22 heavy (non-hydrogen) atoms. The molecular formula is C15H15FN2O4. The van der Waals surface area contributed by atoms with Gasteiger partial charge in [0.25, 0.3) is 5.91 Å². The number of pyridine rings is 1. The lowest BCUT2D eigenvalue weighted by molar-refractivity contribution is -0.140. The number of carbonyl (C=O) groups is 2. The van der Waals surface area contributed by atoms with Crippen molar-refractivity contribution in [3.8, 4) is 0 Å². The van der Waals surface area contributed by atoms with E-state index in [2.05, 4.69) is 10.3 Å². The molecular weight excluding hydrogens is 291 g/mol. The lowest BCUT2D eigenvalue weighted by Crippen LogP contribution is -2.44. The van der Waals surface area contributed by atoms with Crippen molar-refractivity contribution in [2.24, 2.45) is 5.92 Å². The number of benzene rings is 1. The molecule has 2 rings (SSSR count). The first kappa shape index (κ1) is 15.7. The Hall–Kier alpha value is -2.70.